The minimum atomic E-state index is -0.545. The molecule has 1 heterocycles. The van der Waals surface area contributed by atoms with E-state index >= 15 is 0 Å². The molecule has 1 aliphatic rings. The molecule has 6 aromatic carbocycles. The molecule has 0 saturated carbocycles. The SMILES string of the molecule is C=Cc1ccc(Cc2cc([C@@H]3O[C@H](COCc4ccccc4)[C@@H](OCc4ccccc4)[C@H](OCc4ccccc4)[C@H]3OCc3ccccc3)ccc2Cl)cc1. The highest BCUT2D eigenvalue weighted by molar-refractivity contribution is 6.31. The summed E-state index contributed by atoms with van der Waals surface area (Å²) < 4.78 is 34.3. The highest BCUT2D eigenvalue weighted by atomic mass is 35.5. The third-order valence-electron chi connectivity index (χ3n) is 9.89. The van der Waals surface area contributed by atoms with E-state index in [1.807, 2.05) is 91.0 Å². The Labute approximate surface area is 330 Å². The molecule has 1 fully saturated rings. The zero-order chi connectivity index (χ0) is 37.7. The lowest BCUT2D eigenvalue weighted by Crippen LogP contribution is -2.58. The smallest absolute Gasteiger partial charge is 0.117 e. The predicted molar refractivity (Wildman–Crippen MR) is 220 cm³/mol. The van der Waals surface area contributed by atoms with Crippen LogP contribution in [0.1, 0.15) is 50.6 Å². The van der Waals surface area contributed by atoms with E-state index in [-0.39, 0.29) is 6.61 Å². The van der Waals surface area contributed by atoms with Gasteiger partial charge in [-0.15, -0.1) is 0 Å². The fourth-order valence-corrected chi connectivity index (χ4v) is 7.14. The second kappa shape index (κ2) is 19.7. The summed E-state index contributed by atoms with van der Waals surface area (Å²) in [6.07, 6.45) is -0.0938. The van der Waals surface area contributed by atoms with Crippen LogP contribution in [0.2, 0.25) is 5.02 Å². The van der Waals surface area contributed by atoms with Gasteiger partial charge in [-0.2, -0.15) is 0 Å². The van der Waals surface area contributed by atoms with Gasteiger partial charge in [0, 0.05) is 5.02 Å². The number of hydrogen-bond donors (Lipinski definition) is 0. The van der Waals surface area contributed by atoms with E-state index < -0.39 is 30.5 Å². The number of ether oxygens (including phenoxy) is 5. The van der Waals surface area contributed by atoms with Crippen LogP contribution in [0.3, 0.4) is 0 Å². The molecule has 7 rings (SSSR count). The third kappa shape index (κ3) is 10.7. The highest BCUT2D eigenvalue weighted by Gasteiger charge is 2.49. The lowest BCUT2D eigenvalue weighted by atomic mass is 9.89. The molecule has 0 aliphatic carbocycles. The molecule has 0 radical (unpaired) electrons. The maximum Gasteiger partial charge on any atom is 0.117 e. The van der Waals surface area contributed by atoms with Crippen molar-refractivity contribution in [1.82, 2.24) is 0 Å². The summed E-state index contributed by atoms with van der Waals surface area (Å²) in [5.74, 6) is 0. The van der Waals surface area contributed by atoms with Gasteiger partial charge >= 0.3 is 0 Å². The van der Waals surface area contributed by atoms with Crippen LogP contribution in [0.4, 0.5) is 0 Å². The zero-order valence-electron chi connectivity index (χ0n) is 30.9. The lowest BCUT2D eigenvalue weighted by molar-refractivity contribution is -0.275. The monoisotopic (exact) mass is 750 g/mol. The second-order valence-corrected chi connectivity index (χ2v) is 14.3. The van der Waals surface area contributed by atoms with Crippen LogP contribution < -0.4 is 0 Å². The Hall–Kier alpha value is -4.85. The van der Waals surface area contributed by atoms with Gasteiger partial charge in [0.25, 0.3) is 0 Å². The van der Waals surface area contributed by atoms with Crippen molar-refractivity contribution in [3.8, 4) is 0 Å². The van der Waals surface area contributed by atoms with Crippen molar-refractivity contribution >= 4 is 17.7 Å². The summed E-state index contributed by atoms with van der Waals surface area (Å²) >= 11 is 6.89. The topological polar surface area (TPSA) is 46.2 Å². The maximum atomic E-state index is 7.16. The minimum Gasteiger partial charge on any atom is -0.374 e. The first-order valence-corrected chi connectivity index (χ1v) is 19.2. The molecular weight excluding hydrogens is 704 g/mol. The van der Waals surface area contributed by atoms with E-state index in [1.54, 1.807) is 0 Å². The van der Waals surface area contributed by atoms with Crippen LogP contribution in [-0.2, 0) is 56.5 Å². The van der Waals surface area contributed by atoms with Crippen LogP contribution in [0.25, 0.3) is 6.08 Å². The Balaban J connectivity index is 1.26. The van der Waals surface area contributed by atoms with Gasteiger partial charge in [-0.1, -0.05) is 182 Å². The van der Waals surface area contributed by atoms with E-state index in [9.17, 15) is 0 Å². The molecule has 1 saturated heterocycles. The highest BCUT2D eigenvalue weighted by Crippen LogP contribution is 2.40. The maximum absolute atomic E-state index is 7.16. The van der Waals surface area contributed by atoms with Crippen molar-refractivity contribution in [2.75, 3.05) is 6.61 Å². The van der Waals surface area contributed by atoms with Gasteiger partial charge < -0.3 is 23.7 Å². The molecule has 0 N–H and O–H groups in total. The van der Waals surface area contributed by atoms with Gasteiger partial charge in [-0.3, -0.25) is 0 Å². The fraction of sp³-hybridized carbons (Fsp3) is 0.224. The Kier molecular flexibility index (Phi) is 13.7. The first-order chi connectivity index (χ1) is 27.1. The third-order valence-corrected chi connectivity index (χ3v) is 10.3. The van der Waals surface area contributed by atoms with Gasteiger partial charge in [0.05, 0.1) is 33.0 Å². The Morgan fingerprint density at radius 1 is 0.527 bits per heavy atom. The summed E-state index contributed by atoms with van der Waals surface area (Å²) in [5, 5.41) is 0.692. The molecule has 1 aliphatic heterocycles. The average Bonchev–Trinajstić information content (AvgIpc) is 3.24. The van der Waals surface area contributed by atoms with Crippen LogP contribution in [0, 0.1) is 0 Å². The zero-order valence-corrected chi connectivity index (χ0v) is 31.7. The normalized spacial score (nSPS) is 19.5. The Bertz CT molecular complexity index is 2040. The Morgan fingerprint density at radius 2 is 1.02 bits per heavy atom. The number of rotatable bonds is 17. The largest absolute Gasteiger partial charge is 0.374 e. The van der Waals surface area contributed by atoms with E-state index in [0.29, 0.717) is 37.9 Å². The molecule has 0 spiro atoms. The van der Waals surface area contributed by atoms with Crippen molar-refractivity contribution in [3.63, 3.8) is 0 Å². The molecule has 5 atom stereocenters. The van der Waals surface area contributed by atoms with E-state index in [1.165, 1.54) is 0 Å². The molecule has 0 amide bonds. The molecule has 280 valence electrons. The van der Waals surface area contributed by atoms with Gasteiger partial charge in [-0.05, 0) is 57.0 Å². The first kappa shape index (κ1) is 38.4. The van der Waals surface area contributed by atoms with Crippen molar-refractivity contribution in [3.05, 3.63) is 220 Å². The van der Waals surface area contributed by atoms with Crippen LogP contribution in [0.15, 0.2) is 170 Å². The second-order valence-electron chi connectivity index (χ2n) is 13.9. The van der Waals surface area contributed by atoms with Crippen LogP contribution >= 0.6 is 11.6 Å². The van der Waals surface area contributed by atoms with Crippen molar-refractivity contribution in [1.29, 1.82) is 0 Å². The summed E-state index contributed by atoms with van der Waals surface area (Å²) in [7, 11) is 0. The van der Waals surface area contributed by atoms with Crippen LogP contribution in [-0.4, -0.2) is 31.0 Å². The van der Waals surface area contributed by atoms with E-state index in [4.69, 9.17) is 35.3 Å². The molecule has 55 heavy (non-hydrogen) atoms. The van der Waals surface area contributed by atoms with Gasteiger partial charge in [0.1, 0.15) is 30.5 Å². The quantitative estimate of drug-likeness (QED) is 0.0929. The molecule has 0 bridgehead atoms. The van der Waals surface area contributed by atoms with E-state index in [2.05, 4.69) is 85.4 Å². The number of hydrogen-bond acceptors (Lipinski definition) is 5. The molecule has 0 aromatic heterocycles. The van der Waals surface area contributed by atoms with Crippen molar-refractivity contribution in [2.24, 2.45) is 0 Å². The van der Waals surface area contributed by atoms with E-state index in [0.717, 1.165) is 44.5 Å². The van der Waals surface area contributed by atoms with Gasteiger partial charge in [0.2, 0.25) is 0 Å². The van der Waals surface area contributed by atoms with Crippen LogP contribution in [0.5, 0.6) is 0 Å². The molecule has 6 heteroatoms. The summed E-state index contributed by atoms with van der Waals surface area (Å²) in [4.78, 5) is 0. The summed E-state index contributed by atoms with van der Waals surface area (Å²) in [6, 6.07) is 55.3. The molecule has 5 nitrogen and oxygen atoms in total. The Morgan fingerprint density at radius 3 is 1.55 bits per heavy atom. The number of benzene rings is 6. The predicted octanol–water partition coefficient (Wildman–Crippen LogP) is 11.0. The lowest BCUT2D eigenvalue weighted by Gasteiger charge is -2.46. The van der Waals surface area contributed by atoms with Gasteiger partial charge in [0.15, 0.2) is 0 Å². The van der Waals surface area contributed by atoms with Gasteiger partial charge in [-0.25, -0.2) is 0 Å². The average molecular weight is 751 g/mol. The summed E-state index contributed by atoms with van der Waals surface area (Å²) in [6.45, 7) is 5.75. The fourth-order valence-electron chi connectivity index (χ4n) is 6.96. The first-order valence-electron chi connectivity index (χ1n) is 18.9. The molecule has 0 unspecified atom stereocenters. The summed E-state index contributed by atoms with van der Waals surface area (Å²) in [5.41, 5.74) is 8.42. The molecule has 6 aromatic rings. The standard InChI is InChI=1S/C49H47ClO5/c1-2-36-23-25-37(26-24-36)29-43-30-42(27-28-44(43)50)46-48(53-33-40-19-11-5-12-20-40)49(54-34-41-21-13-6-14-22-41)47(52-32-39-17-9-4-10-18-39)45(55-46)35-51-31-38-15-7-3-8-16-38/h2-28,30,45-49H,1,29,31-35H2/t45-,46+,47-,48+,49+/m1/s1. The number of halogens is 1. The minimum absolute atomic E-state index is 0.289. The molecular formula is C49H47ClO5. The van der Waals surface area contributed by atoms with Crippen molar-refractivity contribution in [2.45, 2.75) is 63.4 Å². The van der Waals surface area contributed by atoms with Crippen molar-refractivity contribution < 1.29 is 23.7 Å².